The number of rotatable bonds is 3. The predicted octanol–water partition coefficient (Wildman–Crippen LogP) is 3.64. The van der Waals surface area contributed by atoms with Crippen molar-refractivity contribution in [2.75, 3.05) is 7.11 Å². The van der Waals surface area contributed by atoms with Crippen LogP contribution in [0.2, 0.25) is 0 Å². The first-order chi connectivity index (χ1) is 8.61. The van der Waals surface area contributed by atoms with Crippen molar-refractivity contribution in [2.45, 2.75) is 6.04 Å². The summed E-state index contributed by atoms with van der Waals surface area (Å²) in [5.41, 5.74) is 7.93. The second-order valence-corrected chi connectivity index (χ2v) is 4.84. The molecule has 1 atom stereocenters. The molecule has 0 amide bonds. The van der Waals surface area contributed by atoms with Gasteiger partial charge in [-0.05, 0) is 35.4 Å². The third-order valence-electron chi connectivity index (χ3n) is 2.76. The number of halogens is 2. The minimum atomic E-state index is -0.385. The van der Waals surface area contributed by atoms with Gasteiger partial charge in [-0.2, -0.15) is 0 Å². The van der Waals surface area contributed by atoms with Crippen LogP contribution in [0.1, 0.15) is 17.2 Å². The molecule has 2 aromatic rings. The molecule has 2 rings (SSSR count). The van der Waals surface area contributed by atoms with Crippen molar-refractivity contribution in [3.8, 4) is 5.75 Å². The zero-order valence-corrected chi connectivity index (χ0v) is 11.4. The summed E-state index contributed by atoms with van der Waals surface area (Å²) in [5.74, 6) is -0.177. The topological polar surface area (TPSA) is 35.2 Å². The molecule has 0 aliphatic rings. The number of ether oxygens (including phenoxy) is 1. The summed E-state index contributed by atoms with van der Waals surface area (Å²) in [5, 5.41) is 0. The lowest BCUT2D eigenvalue weighted by atomic mass is 9.99. The van der Waals surface area contributed by atoms with E-state index in [1.807, 2.05) is 24.3 Å². The van der Waals surface area contributed by atoms with Crippen molar-refractivity contribution in [2.24, 2.45) is 5.73 Å². The Balaban J connectivity index is 2.33. The SMILES string of the molecule is COc1cc(C(N)c2ccc(Br)cc2)ccc1F. The highest BCUT2D eigenvalue weighted by Gasteiger charge is 2.11. The molecule has 0 bridgehead atoms. The first-order valence-corrected chi connectivity index (χ1v) is 6.25. The maximum absolute atomic E-state index is 13.3. The highest BCUT2D eigenvalue weighted by molar-refractivity contribution is 9.10. The summed E-state index contributed by atoms with van der Waals surface area (Å²) in [7, 11) is 1.44. The van der Waals surface area contributed by atoms with Crippen molar-refractivity contribution in [1.82, 2.24) is 0 Å². The molecular formula is C14H13BrFNO. The van der Waals surface area contributed by atoms with Gasteiger partial charge < -0.3 is 10.5 Å². The van der Waals surface area contributed by atoms with Gasteiger partial charge in [0.2, 0.25) is 0 Å². The van der Waals surface area contributed by atoms with E-state index in [1.165, 1.54) is 13.2 Å². The van der Waals surface area contributed by atoms with Gasteiger partial charge in [-0.3, -0.25) is 0 Å². The van der Waals surface area contributed by atoms with Gasteiger partial charge in [-0.25, -0.2) is 4.39 Å². The monoisotopic (exact) mass is 309 g/mol. The summed E-state index contributed by atoms with van der Waals surface area (Å²) in [6.45, 7) is 0. The van der Waals surface area contributed by atoms with Crippen LogP contribution >= 0.6 is 15.9 Å². The summed E-state index contributed by atoms with van der Waals surface area (Å²) in [4.78, 5) is 0. The van der Waals surface area contributed by atoms with Gasteiger partial charge >= 0.3 is 0 Å². The molecule has 0 radical (unpaired) electrons. The maximum atomic E-state index is 13.3. The average molecular weight is 310 g/mol. The van der Waals surface area contributed by atoms with Gasteiger partial charge in [0, 0.05) is 4.47 Å². The molecule has 0 saturated heterocycles. The summed E-state index contributed by atoms with van der Waals surface area (Å²) in [6.07, 6.45) is 0. The fourth-order valence-electron chi connectivity index (χ4n) is 1.73. The normalized spacial score (nSPS) is 12.2. The Morgan fingerprint density at radius 1 is 1.11 bits per heavy atom. The minimum absolute atomic E-state index is 0.208. The number of methoxy groups -OCH3 is 1. The van der Waals surface area contributed by atoms with Gasteiger partial charge in [-0.1, -0.05) is 34.1 Å². The van der Waals surface area contributed by atoms with E-state index < -0.39 is 0 Å². The van der Waals surface area contributed by atoms with E-state index in [0.717, 1.165) is 15.6 Å². The lowest BCUT2D eigenvalue weighted by molar-refractivity contribution is 0.385. The molecule has 0 aliphatic heterocycles. The Bertz CT molecular complexity index is 542. The Morgan fingerprint density at radius 2 is 1.72 bits per heavy atom. The molecule has 94 valence electrons. The lowest BCUT2D eigenvalue weighted by Gasteiger charge is -2.14. The van der Waals surface area contributed by atoms with Crippen LogP contribution in [0.3, 0.4) is 0 Å². The van der Waals surface area contributed by atoms with Crippen LogP contribution in [0.5, 0.6) is 5.75 Å². The molecule has 0 spiro atoms. The van der Waals surface area contributed by atoms with Gasteiger partial charge in [0.1, 0.15) is 0 Å². The molecule has 2 nitrogen and oxygen atoms in total. The first-order valence-electron chi connectivity index (χ1n) is 5.46. The second-order valence-electron chi connectivity index (χ2n) is 3.92. The zero-order chi connectivity index (χ0) is 13.1. The number of benzene rings is 2. The summed E-state index contributed by atoms with van der Waals surface area (Å²) in [6, 6.07) is 12.1. The van der Waals surface area contributed by atoms with Crippen LogP contribution in [-0.2, 0) is 0 Å². The van der Waals surface area contributed by atoms with Crippen molar-refractivity contribution in [3.63, 3.8) is 0 Å². The number of nitrogens with two attached hydrogens (primary N) is 1. The Kier molecular flexibility index (Phi) is 3.99. The maximum Gasteiger partial charge on any atom is 0.165 e. The van der Waals surface area contributed by atoms with Gasteiger partial charge in [0.25, 0.3) is 0 Å². The molecule has 0 saturated carbocycles. The highest BCUT2D eigenvalue weighted by Crippen LogP contribution is 2.26. The van der Waals surface area contributed by atoms with Gasteiger partial charge in [0.05, 0.1) is 13.2 Å². The summed E-state index contributed by atoms with van der Waals surface area (Å²) < 4.78 is 19.3. The van der Waals surface area contributed by atoms with E-state index in [0.29, 0.717) is 0 Å². The van der Waals surface area contributed by atoms with Crippen LogP contribution in [0.25, 0.3) is 0 Å². The largest absolute Gasteiger partial charge is 0.494 e. The molecule has 0 fully saturated rings. The third-order valence-corrected chi connectivity index (χ3v) is 3.29. The minimum Gasteiger partial charge on any atom is -0.494 e. The molecule has 2 aromatic carbocycles. The molecular weight excluding hydrogens is 297 g/mol. The van der Waals surface area contributed by atoms with E-state index in [-0.39, 0.29) is 17.6 Å². The molecule has 0 aromatic heterocycles. The van der Waals surface area contributed by atoms with Crippen molar-refractivity contribution >= 4 is 15.9 Å². The van der Waals surface area contributed by atoms with Crippen LogP contribution < -0.4 is 10.5 Å². The van der Waals surface area contributed by atoms with Crippen LogP contribution in [0.15, 0.2) is 46.9 Å². The molecule has 0 heterocycles. The van der Waals surface area contributed by atoms with E-state index in [9.17, 15) is 4.39 Å². The Labute approximate surface area is 114 Å². The van der Waals surface area contributed by atoms with Crippen LogP contribution in [0.4, 0.5) is 4.39 Å². The highest BCUT2D eigenvalue weighted by atomic mass is 79.9. The van der Waals surface area contributed by atoms with Crippen LogP contribution in [0, 0.1) is 5.82 Å². The Hall–Kier alpha value is -1.39. The molecule has 4 heteroatoms. The fraction of sp³-hybridized carbons (Fsp3) is 0.143. The second kappa shape index (κ2) is 5.50. The first kappa shape index (κ1) is 13.1. The van der Waals surface area contributed by atoms with Crippen molar-refractivity contribution < 1.29 is 9.13 Å². The van der Waals surface area contributed by atoms with Crippen molar-refractivity contribution in [3.05, 3.63) is 63.9 Å². The standard InChI is InChI=1S/C14H13BrFNO/c1-18-13-8-10(4-7-12(13)16)14(17)9-2-5-11(15)6-3-9/h2-8,14H,17H2,1H3. The number of hydrogen-bond acceptors (Lipinski definition) is 2. The van der Waals surface area contributed by atoms with Crippen molar-refractivity contribution in [1.29, 1.82) is 0 Å². The van der Waals surface area contributed by atoms with E-state index in [1.54, 1.807) is 12.1 Å². The van der Waals surface area contributed by atoms with Gasteiger partial charge in [-0.15, -0.1) is 0 Å². The fourth-order valence-corrected chi connectivity index (χ4v) is 2.00. The Morgan fingerprint density at radius 3 is 2.33 bits per heavy atom. The average Bonchev–Trinajstić information content (AvgIpc) is 2.39. The van der Waals surface area contributed by atoms with E-state index >= 15 is 0 Å². The molecule has 1 unspecified atom stereocenters. The molecule has 18 heavy (non-hydrogen) atoms. The number of hydrogen-bond donors (Lipinski definition) is 1. The quantitative estimate of drug-likeness (QED) is 0.939. The third kappa shape index (κ3) is 2.71. The van der Waals surface area contributed by atoms with E-state index in [4.69, 9.17) is 10.5 Å². The predicted molar refractivity (Wildman–Crippen MR) is 73.1 cm³/mol. The molecule has 0 aliphatic carbocycles. The lowest BCUT2D eigenvalue weighted by Crippen LogP contribution is -2.12. The van der Waals surface area contributed by atoms with Gasteiger partial charge in [0.15, 0.2) is 11.6 Å². The van der Waals surface area contributed by atoms with E-state index in [2.05, 4.69) is 15.9 Å². The smallest absolute Gasteiger partial charge is 0.165 e. The van der Waals surface area contributed by atoms with Crippen LogP contribution in [-0.4, -0.2) is 7.11 Å². The zero-order valence-electron chi connectivity index (χ0n) is 9.86. The molecule has 2 N–H and O–H groups in total. The summed E-state index contributed by atoms with van der Waals surface area (Å²) >= 11 is 3.37.